The molecule has 151 valence electrons. The van der Waals surface area contributed by atoms with Crippen molar-refractivity contribution in [3.63, 3.8) is 0 Å². The van der Waals surface area contributed by atoms with Crippen LogP contribution in [0.4, 0.5) is 5.69 Å². The molecule has 0 aliphatic carbocycles. The first kappa shape index (κ1) is 22.1. The van der Waals surface area contributed by atoms with Gasteiger partial charge < -0.3 is 10.4 Å². The van der Waals surface area contributed by atoms with Gasteiger partial charge in [0.15, 0.2) is 0 Å². The minimum atomic E-state index is -3.78. The molecule has 0 aromatic heterocycles. The fraction of sp³-hybridized carbons (Fsp3) is 0.333. The van der Waals surface area contributed by atoms with Crippen molar-refractivity contribution in [1.29, 1.82) is 0 Å². The number of benzene rings is 2. The summed E-state index contributed by atoms with van der Waals surface area (Å²) in [6.07, 6.45) is 1.37. The highest BCUT2D eigenvalue weighted by molar-refractivity contribution is 7.89. The van der Waals surface area contributed by atoms with Crippen molar-refractivity contribution in [3.8, 4) is 0 Å². The maximum atomic E-state index is 13.0. The molecule has 2 rings (SSSR count). The monoisotopic (exact) mass is 403 g/mol. The second-order valence-corrected chi connectivity index (χ2v) is 8.76. The van der Waals surface area contributed by atoms with Gasteiger partial charge in [0, 0.05) is 25.2 Å². The van der Waals surface area contributed by atoms with Gasteiger partial charge >= 0.3 is 0 Å². The maximum Gasteiger partial charge on any atom is 0.243 e. The van der Waals surface area contributed by atoms with E-state index in [0.29, 0.717) is 12.1 Å². The summed E-state index contributed by atoms with van der Waals surface area (Å²) in [5, 5.41) is 13.0. The molecule has 1 atom stereocenters. The number of hydrogen-bond donors (Lipinski definition) is 2. The van der Waals surface area contributed by atoms with Crippen LogP contribution < -0.4 is 5.32 Å². The third-order valence-corrected chi connectivity index (χ3v) is 6.25. The summed E-state index contributed by atoms with van der Waals surface area (Å²) in [6, 6.07) is 15.4. The zero-order chi connectivity index (χ0) is 20.7. The number of rotatable bonds is 9. The van der Waals surface area contributed by atoms with Crippen LogP contribution in [0.25, 0.3) is 0 Å². The van der Waals surface area contributed by atoms with E-state index >= 15 is 0 Å². The Bertz CT molecular complexity index is 865. The average molecular weight is 404 g/mol. The molecule has 6 nitrogen and oxygen atoms in total. The molecule has 0 saturated carbocycles. The Labute approximate surface area is 167 Å². The Morgan fingerprint density at radius 1 is 1.11 bits per heavy atom. The van der Waals surface area contributed by atoms with Crippen LogP contribution in [-0.4, -0.2) is 42.4 Å². The van der Waals surface area contributed by atoms with E-state index < -0.39 is 16.1 Å². The normalized spacial score (nSPS) is 12.9. The molecule has 2 N–H and O–H groups in total. The van der Waals surface area contributed by atoms with E-state index in [9.17, 15) is 18.3 Å². The number of aliphatic hydroxyl groups excluding tert-OH is 1. The van der Waals surface area contributed by atoms with Crippen LogP contribution in [0, 0.1) is 6.42 Å². The molecule has 0 aliphatic heterocycles. The second-order valence-electron chi connectivity index (χ2n) is 6.87. The fourth-order valence-corrected chi connectivity index (χ4v) is 4.44. The summed E-state index contributed by atoms with van der Waals surface area (Å²) in [5.74, 6) is -0.225. The Kier molecular flexibility index (Phi) is 7.74. The summed E-state index contributed by atoms with van der Waals surface area (Å²) < 4.78 is 27.3. The molecule has 7 heteroatoms. The van der Waals surface area contributed by atoms with E-state index in [-0.39, 0.29) is 23.4 Å². The molecule has 1 radical (unpaired) electrons. The van der Waals surface area contributed by atoms with Crippen molar-refractivity contribution in [1.82, 2.24) is 4.31 Å². The predicted molar refractivity (Wildman–Crippen MR) is 110 cm³/mol. The van der Waals surface area contributed by atoms with Crippen molar-refractivity contribution in [2.75, 3.05) is 11.9 Å². The van der Waals surface area contributed by atoms with Gasteiger partial charge in [-0.1, -0.05) is 30.3 Å². The van der Waals surface area contributed by atoms with Gasteiger partial charge in [0.2, 0.25) is 15.9 Å². The first-order chi connectivity index (χ1) is 13.2. The number of amides is 1. The zero-order valence-electron chi connectivity index (χ0n) is 16.4. The molecule has 0 heterocycles. The standard InChI is InChI=1S/C21H27N2O4S/c1-16(2)23(15-20(25)12-9-18-7-5-4-6-8-18)28(26,27)21-13-10-19(11-14-21)22-17(3)24/h4-8,10-14,16,20,25H,9,15H2,1-3H3,(H,22,24)/t20-/m1/s1. The molecule has 0 saturated heterocycles. The SMILES string of the molecule is CC(=O)Nc1ccc(S(=O)(=O)N(C[C@H](O)[CH]Cc2ccccc2)C(C)C)cc1. The molecule has 0 bridgehead atoms. The van der Waals surface area contributed by atoms with Gasteiger partial charge in [-0.25, -0.2) is 8.42 Å². The Morgan fingerprint density at radius 2 is 1.71 bits per heavy atom. The summed E-state index contributed by atoms with van der Waals surface area (Å²) in [5.41, 5.74) is 1.58. The number of sulfonamides is 1. The van der Waals surface area contributed by atoms with Crippen molar-refractivity contribution in [2.24, 2.45) is 0 Å². The summed E-state index contributed by atoms with van der Waals surface area (Å²) >= 11 is 0. The van der Waals surface area contributed by atoms with Crippen LogP contribution in [-0.2, 0) is 21.2 Å². The third kappa shape index (κ3) is 6.15. The summed E-state index contributed by atoms with van der Waals surface area (Å²) in [4.78, 5) is 11.2. The predicted octanol–water partition coefficient (Wildman–Crippen LogP) is 2.85. The topological polar surface area (TPSA) is 86.7 Å². The lowest BCUT2D eigenvalue weighted by Gasteiger charge is -2.28. The van der Waals surface area contributed by atoms with E-state index in [1.807, 2.05) is 30.3 Å². The van der Waals surface area contributed by atoms with E-state index in [1.165, 1.54) is 23.4 Å². The quantitative estimate of drug-likeness (QED) is 0.674. The number of hydrogen-bond acceptors (Lipinski definition) is 4. The number of anilines is 1. The van der Waals surface area contributed by atoms with Crippen LogP contribution in [0.1, 0.15) is 26.3 Å². The smallest absolute Gasteiger partial charge is 0.243 e. The van der Waals surface area contributed by atoms with Crippen LogP contribution >= 0.6 is 0 Å². The first-order valence-corrected chi connectivity index (χ1v) is 10.6. The minimum Gasteiger partial charge on any atom is -0.391 e. The Morgan fingerprint density at radius 3 is 2.25 bits per heavy atom. The van der Waals surface area contributed by atoms with E-state index in [1.54, 1.807) is 32.4 Å². The lowest BCUT2D eigenvalue weighted by atomic mass is 10.1. The Balaban J connectivity index is 2.09. The highest BCUT2D eigenvalue weighted by atomic mass is 32.2. The summed E-state index contributed by atoms with van der Waals surface area (Å²) in [7, 11) is -3.78. The van der Waals surface area contributed by atoms with Gasteiger partial charge in [0.1, 0.15) is 0 Å². The minimum absolute atomic E-state index is 0.0275. The van der Waals surface area contributed by atoms with Crippen LogP contribution in [0.15, 0.2) is 59.5 Å². The average Bonchev–Trinajstić information content (AvgIpc) is 2.65. The van der Waals surface area contributed by atoms with E-state index in [0.717, 1.165) is 5.56 Å². The van der Waals surface area contributed by atoms with Crippen LogP contribution in [0.3, 0.4) is 0 Å². The lowest BCUT2D eigenvalue weighted by molar-refractivity contribution is -0.114. The van der Waals surface area contributed by atoms with Crippen molar-refractivity contribution >= 4 is 21.6 Å². The molecule has 2 aromatic carbocycles. The molecule has 2 aromatic rings. The maximum absolute atomic E-state index is 13.0. The number of carbonyl (C=O) groups is 1. The van der Waals surface area contributed by atoms with Crippen molar-refractivity contribution in [2.45, 2.75) is 44.2 Å². The molecule has 1 amide bonds. The van der Waals surface area contributed by atoms with Gasteiger partial charge in [0.25, 0.3) is 0 Å². The Hall–Kier alpha value is -2.22. The first-order valence-electron chi connectivity index (χ1n) is 9.15. The van der Waals surface area contributed by atoms with Crippen molar-refractivity contribution < 1.29 is 18.3 Å². The fourth-order valence-electron chi connectivity index (χ4n) is 2.78. The van der Waals surface area contributed by atoms with Crippen LogP contribution in [0.2, 0.25) is 0 Å². The number of nitrogens with zero attached hydrogens (tertiary/aromatic N) is 1. The zero-order valence-corrected chi connectivity index (χ0v) is 17.2. The summed E-state index contributed by atoms with van der Waals surface area (Å²) in [6.45, 7) is 4.90. The molecule has 28 heavy (non-hydrogen) atoms. The van der Waals surface area contributed by atoms with Gasteiger partial charge in [-0.15, -0.1) is 0 Å². The van der Waals surface area contributed by atoms with Crippen molar-refractivity contribution in [3.05, 3.63) is 66.6 Å². The number of carbonyl (C=O) groups excluding carboxylic acids is 1. The molecule has 0 spiro atoms. The van der Waals surface area contributed by atoms with Gasteiger partial charge in [-0.2, -0.15) is 4.31 Å². The highest BCUT2D eigenvalue weighted by Crippen LogP contribution is 2.21. The third-order valence-electron chi connectivity index (χ3n) is 4.19. The molecular formula is C21H27N2O4S. The molecular weight excluding hydrogens is 376 g/mol. The van der Waals surface area contributed by atoms with Gasteiger partial charge in [-0.05, 0) is 56.5 Å². The highest BCUT2D eigenvalue weighted by Gasteiger charge is 2.29. The number of nitrogens with one attached hydrogen (secondary N) is 1. The number of aliphatic hydroxyl groups is 1. The van der Waals surface area contributed by atoms with Gasteiger partial charge in [-0.3, -0.25) is 4.79 Å². The molecule has 0 unspecified atom stereocenters. The largest absolute Gasteiger partial charge is 0.391 e. The van der Waals surface area contributed by atoms with Crippen LogP contribution in [0.5, 0.6) is 0 Å². The molecule has 0 fully saturated rings. The van der Waals surface area contributed by atoms with E-state index in [4.69, 9.17) is 0 Å². The van der Waals surface area contributed by atoms with Gasteiger partial charge in [0.05, 0.1) is 11.0 Å². The van der Waals surface area contributed by atoms with E-state index in [2.05, 4.69) is 5.32 Å². The second kappa shape index (κ2) is 9.82. The molecule has 0 aliphatic rings. The lowest BCUT2D eigenvalue weighted by Crippen LogP contribution is -2.42.